The maximum Gasteiger partial charge on any atom is 0.119 e. The van der Waals surface area contributed by atoms with Crippen molar-refractivity contribution in [2.45, 2.75) is 63.9 Å². The van der Waals surface area contributed by atoms with E-state index in [1.54, 1.807) is 12.7 Å². The summed E-state index contributed by atoms with van der Waals surface area (Å²) in [5, 5.41) is 10.9. The Hall–Kier alpha value is -1.02. The molecule has 2 nitrogen and oxygen atoms in total. The third-order valence-corrected chi connectivity index (χ3v) is 7.50. The average molecular weight is 300 g/mol. The standard InChI is InChI=1S/C20H28O2/c1-19-10-8-16-15-7-5-14(22-3)12-13(15)4-6-17(16)18(19)9-11-20(19,2)21/h5,7,12,16-18,21H,4,6,8-11H2,1-3H3. The Morgan fingerprint density at radius 2 is 1.95 bits per heavy atom. The second kappa shape index (κ2) is 4.74. The molecule has 0 aliphatic heterocycles. The van der Waals surface area contributed by atoms with Crippen molar-refractivity contribution in [1.29, 1.82) is 0 Å². The minimum absolute atomic E-state index is 0.123. The lowest BCUT2D eigenvalue weighted by molar-refractivity contribution is -0.0901. The molecule has 1 N–H and O–H groups in total. The molecule has 2 heteroatoms. The van der Waals surface area contributed by atoms with Crippen molar-refractivity contribution in [2.75, 3.05) is 7.11 Å². The number of hydrogen-bond donors (Lipinski definition) is 1. The van der Waals surface area contributed by atoms with Crippen LogP contribution in [0.3, 0.4) is 0 Å². The zero-order valence-corrected chi connectivity index (χ0v) is 14.1. The molecule has 2 saturated carbocycles. The molecule has 0 radical (unpaired) electrons. The predicted octanol–water partition coefficient (Wildman–Crippen LogP) is 4.30. The molecule has 3 aliphatic carbocycles. The van der Waals surface area contributed by atoms with Crippen molar-refractivity contribution in [2.24, 2.45) is 17.3 Å². The molecule has 1 aromatic rings. The average Bonchev–Trinajstić information content (AvgIpc) is 2.76. The van der Waals surface area contributed by atoms with Crippen molar-refractivity contribution in [1.82, 2.24) is 0 Å². The van der Waals surface area contributed by atoms with Gasteiger partial charge in [0.15, 0.2) is 0 Å². The molecule has 0 heterocycles. The zero-order valence-electron chi connectivity index (χ0n) is 14.1. The second-order valence-corrected chi connectivity index (χ2v) is 8.25. The number of hydrogen-bond acceptors (Lipinski definition) is 2. The fourth-order valence-electron chi connectivity index (χ4n) is 5.93. The maximum absolute atomic E-state index is 10.9. The van der Waals surface area contributed by atoms with Crippen LogP contribution >= 0.6 is 0 Å². The highest BCUT2D eigenvalue weighted by molar-refractivity contribution is 5.40. The number of aryl methyl sites for hydroxylation is 1. The first-order valence-electron chi connectivity index (χ1n) is 8.85. The van der Waals surface area contributed by atoms with Crippen molar-refractivity contribution in [3.63, 3.8) is 0 Å². The van der Waals surface area contributed by atoms with E-state index in [0.29, 0.717) is 11.8 Å². The minimum Gasteiger partial charge on any atom is -0.497 e. The Morgan fingerprint density at radius 1 is 1.14 bits per heavy atom. The molecule has 4 rings (SSSR count). The van der Waals surface area contributed by atoms with Crippen LogP contribution in [0.2, 0.25) is 0 Å². The molecule has 5 unspecified atom stereocenters. The molecular formula is C20H28O2. The molecular weight excluding hydrogens is 272 g/mol. The summed E-state index contributed by atoms with van der Waals surface area (Å²) in [6.45, 7) is 4.43. The van der Waals surface area contributed by atoms with Gasteiger partial charge in [-0.1, -0.05) is 13.0 Å². The summed E-state index contributed by atoms with van der Waals surface area (Å²) < 4.78 is 5.40. The summed E-state index contributed by atoms with van der Waals surface area (Å²) in [6.07, 6.45) is 7.02. The molecule has 3 aliphatic rings. The van der Waals surface area contributed by atoms with E-state index in [-0.39, 0.29) is 5.41 Å². The van der Waals surface area contributed by atoms with Gasteiger partial charge in [-0.25, -0.2) is 0 Å². The van der Waals surface area contributed by atoms with Gasteiger partial charge in [-0.05, 0) is 91.9 Å². The number of rotatable bonds is 1. The summed E-state index contributed by atoms with van der Waals surface area (Å²) >= 11 is 0. The molecule has 1 aromatic carbocycles. The minimum atomic E-state index is -0.469. The monoisotopic (exact) mass is 300 g/mol. The van der Waals surface area contributed by atoms with Crippen LogP contribution in [-0.4, -0.2) is 17.8 Å². The van der Waals surface area contributed by atoms with Crippen LogP contribution in [-0.2, 0) is 6.42 Å². The summed E-state index contributed by atoms with van der Waals surface area (Å²) in [5.41, 5.74) is 2.71. The molecule has 0 aromatic heterocycles. The quantitative estimate of drug-likeness (QED) is 0.838. The van der Waals surface area contributed by atoms with Gasteiger partial charge in [-0.3, -0.25) is 0 Å². The van der Waals surface area contributed by atoms with Gasteiger partial charge in [0.25, 0.3) is 0 Å². The molecule has 0 amide bonds. The van der Waals surface area contributed by atoms with Gasteiger partial charge in [0, 0.05) is 0 Å². The third kappa shape index (κ3) is 1.83. The smallest absolute Gasteiger partial charge is 0.119 e. The first-order valence-corrected chi connectivity index (χ1v) is 8.85. The maximum atomic E-state index is 10.9. The number of fused-ring (bicyclic) bond motifs is 5. The van der Waals surface area contributed by atoms with Crippen LogP contribution in [0.5, 0.6) is 5.75 Å². The van der Waals surface area contributed by atoms with Crippen LogP contribution < -0.4 is 4.74 Å². The highest BCUT2D eigenvalue weighted by Gasteiger charge is 2.59. The van der Waals surface area contributed by atoms with Crippen molar-refractivity contribution >= 4 is 0 Å². The fraction of sp³-hybridized carbons (Fsp3) is 0.700. The van der Waals surface area contributed by atoms with Crippen LogP contribution in [0, 0.1) is 17.3 Å². The summed E-state index contributed by atoms with van der Waals surface area (Å²) in [7, 11) is 1.75. The van der Waals surface area contributed by atoms with E-state index in [1.165, 1.54) is 31.2 Å². The van der Waals surface area contributed by atoms with E-state index in [9.17, 15) is 5.11 Å². The van der Waals surface area contributed by atoms with Gasteiger partial charge in [-0.2, -0.15) is 0 Å². The van der Waals surface area contributed by atoms with E-state index in [1.807, 2.05) is 0 Å². The molecule has 22 heavy (non-hydrogen) atoms. The van der Waals surface area contributed by atoms with E-state index in [4.69, 9.17) is 4.74 Å². The van der Waals surface area contributed by atoms with Gasteiger partial charge < -0.3 is 9.84 Å². The van der Waals surface area contributed by atoms with Crippen LogP contribution in [0.15, 0.2) is 18.2 Å². The lowest BCUT2D eigenvalue weighted by Gasteiger charge is -2.52. The molecule has 120 valence electrons. The Morgan fingerprint density at radius 3 is 2.73 bits per heavy atom. The number of benzene rings is 1. The van der Waals surface area contributed by atoms with E-state index < -0.39 is 5.60 Å². The summed E-state index contributed by atoms with van der Waals surface area (Å²) in [5.74, 6) is 3.13. The Balaban J connectivity index is 1.69. The van der Waals surface area contributed by atoms with Crippen molar-refractivity contribution < 1.29 is 9.84 Å². The highest BCUT2D eigenvalue weighted by Crippen LogP contribution is 2.64. The topological polar surface area (TPSA) is 29.5 Å². The van der Waals surface area contributed by atoms with Crippen molar-refractivity contribution in [3.8, 4) is 5.75 Å². The number of methoxy groups -OCH3 is 1. The van der Waals surface area contributed by atoms with Crippen LogP contribution in [0.4, 0.5) is 0 Å². The van der Waals surface area contributed by atoms with Crippen LogP contribution in [0.1, 0.15) is 63.0 Å². The van der Waals surface area contributed by atoms with Gasteiger partial charge in [0.2, 0.25) is 0 Å². The lowest BCUT2D eigenvalue weighted by atomic mass is 9.53. The zero-order chi connectivity index (χ0) is 15.5. The Labute approximate surface area is 133 Å². The SMILES string of the molecule is COc1ccc2c(c1)CCC1C2CCC2(C)C1CCC2(C)O. The lowest BCUT2D eigenvalue weighted by Crippen LogP contribution is -2.49. The molecule has 0 saturated heterocycles. The van der Waals surface area contributed by atoms with Crippen molar-refractivity contribution in [3.05, 3.63) is 29.3 Å². The van der Waals surface area contributed by atoms with Gasteiger partial charge in [0.05, 0.1) is 12.7 Å². The number of aliphatic hydroxyl groups is 1. The molecule has 2 fully saturated rings. The number of ether oxygens (including phenoxy) is 1. The van der Waals surface area contributed by atoms with E-state index >= 15 is 0 Å². The van der Waals surface area contributed by atoms with E-state index in [2.05, 4.69) is 32.0 Å². The van der Waals surface area contributed by atoms with Gasteiger partial charge in [0.1, 0.15) is 5.75 Å². The Kier molecular flexibility index (Phi) is 3.14. The molecule has 0 bridgehead atoms. The molecule has 5 atom stereocenters. The second-order valence-electron chi connectivity index (χ2n) is 8.25. The fourth-order valence-corrected chi connectivity index (χ4v) is 5.93. The predicted molar refractivity (Wildman–Crippen MR) is 88.2 cm³/mol. The third-order valence-electron chi connectivity index (χ3n) is 7.50. The first-order chi connectivity index (χ1) is 10.5. The highest BCUT2D eigenvalue weighted by atomic mass is 16.5. The summed E-state index contributed by atoms with van der Waals surface area (Å²) in [6, 6.07) is 6.67. The largest absolute Gasteiger partial charge is 0.497 e. The van der Waals surface area contributed by atoms with Gasteiger partial charge >= 0.3 is 0 Å². The first kappa shape index (κ1) is 14.6. The van der Waals surface area contributed by atoms with Gasteiger partial charge in [-0.15, -0.1) is 0 Å². The van der Waals surface area contributed by atoms with Crippen LogP contribution in [0.25, 0.3) is 0 Å². The summed E-state index contributed by atoms with van der Waals surface area (Å²) in [4.78, 5) is 0. The Bertz CT molecular complexity index is 591. The molecule has 0 spiro atoms. The normalized spacial score (nSPS) is 43.2. The van der Waals surface area contributed by atoms with E-state index in [0.717, 1.165) is 24.5 Å².